The number of benzene rings is 2. The maximum Gasteiger partial charge on any atom is 0.293 e. The molecule has 1 saturated heterocycles. The van der Waals surface area contributed by atoms with E-state index in [2.05, 4.69) is 0 Å². The van der Waals surface area contributed by atoms with Crippen molar-refractivity contribution in [3.05, 3.63) is 92.6 Å². The Bertz CT molecular complexity index is 1180. The zero-order chi connectivity index (χ0) is 21.3. The largest absolute Gasteiger partial charge is 0.457 e. The number of nitro benzene ring substituents is 1. The van der Waals surface area contributed by atoms with Crippen molar-refractivity contribution >= 4 is 34.7 Å². The van der Waals surface area contributed by atoms with E-state index in [0.29, 0.717) is 17.1 Å². The summed E-state index contributed by atoms with van der Waals surface area (Å²) < 4.78 is 5.74. The number of furan rings is 1. The fourth-order valence-corrected chi connectivity index (χ4v) is 3.91. The van der Waals surface area contributed by atoms with Gasteiger partial charge in [0.25, 0.3) is 16.8 Å². The van der Waals surface area contributed by atoms with E-state index in [1.165, 1.54) is 23.1 Å². The van der Waals surface area contributed by atoms with E-state index in [1.807, 2.05) is 31.2 Å². The number of rotatable bonds is 5. The van der Waals surface area contributed by atoms with Crippen molar-refractivity contribution in [1.82, 2.24) is 4.90 Å². The lowest BCUT2D eigenvalue weighted by atomic mass is 10.1. The average Bonchev–Trinajstić information content (AvgIpc) is 3.29. The summed E-state index contributed by atoms with van der Waals surface area (Å²) in [7, 11) is 0. The van der Waals surface area contributed by atoms with Gasteiger partial charge in [-0.3, -0.25) is 24.6 Å². The molecule has 30 heavy (non-hydrogen) atoms. The molecule has 0 saturated carbocycles. The third kappa shape index (κ3) is 4.04. The molecule has 1 aliphatic heterocycles. The lowest BCUT2D eigenvalue weighted by molar-refractivity contribution is -0.384. The number of nitrogens with zero attached hydrogens (tertiary/aromatic N) is 2. The zero-order valence-electron chi connectivity index (χ0n) is 15.9. The standard InChI is InChI=1S/C22H16N2O5S/c1-14-3-2-4-15(11-14)13-23-21(25)20(30-22(23)26)12-18-9-10-19(29-18)16-5-7-17(8-6-16)24(27)28/h2-12H,13H2,1H3/b20-12-. The second kappa shape index (κ2) is 8.00. The number of aryl methyl sites for hydroxylation is 1. The van der Waals surface area contributed by atoms with Crippen molar-refractivity contribution in [2.75, 3.05) is 0 Å². The van der Waals surface area contributed by atoms with Crippen molar-refractivity contribution in [2.45, 2.75) is 13.5 Å². The Morgan fingerprint density at radius 1 is 1.10 bits per heavy atom. The number of hydrogen-bond donors (Lipinski definition) is 0. The van der Waals surface area contributed by atoms with Crippen LogP contribution in [0.3, 0.4) is 0 Å². The van der Waals surface area contributed by atoms with Gasteiger partial charge in [-0.1, -0.05) is 29.8 Å². The first-order valence-electron chi connectivity index (χ1n) is 9.06. The first-order valence-corrected chi connectivity index (χ1v) is 9.88. The summed E-state index contributed by atoms with van der Waals surface area (Å²) >= 11 is 0.874. The van der Waals surface area contributed by atoms with E-state index < -0.39 is 4.92 Å². The quantitative estimate of drug-likeness (QED) is 0.312. The molecule has 2 amide bonds. The van der Waals surface area contributed by atoms with Crippen LogP contribution in [0.5, 0.6) is 0 Å². The van der Waals surface area contributed by atoms with Gasteiger partial charge < -0.3 is 4.42 Å². The summed E-state index contributed by atoms with van der Waals surface area (Å²) in [5.41, 5.74) is 2.61. The molecule has 0 radical (unpaired) electrons. The molecule has 1 fully saturated rings. The molecule has 2 aromatic carbocycles. The summed E-state index contributed by atoms with van der Waals surface area (Å²) in [6, 6.07) is 17.0. The van der Waals surface area contributed by atoms with Crippen LogP contribution in [0.15, 0.2) is 70.0 Å². The highest BCUT2D eigenvalue weighted by molar-refractivity contribution is 8.18. The van der Waals surface area contributed by atoms with Gasteiger partial charge in [0, 0.05) is 23.8 Å². The normalized spacial score (nSPS) is 15.2. The Labute approximate surface area is 176 Å². The van der Waals surface area contributed by atoms with Gasteiger partial charge in [0.2, 0.25) is 0 Å². The smallest absolute Gasteiger partial charge is 0.293 e. The summed E-state index contributed by atoms with van der Waals surface area (Å²) in [5.74, 6) is 0.569. The highest BCUT2D eigenvalue weighted by Crippen LogP contribution is 2.34. The highest BCUT2D eigenvalue weighted by atomic mass is 32.2. The Kier molecular flexibility index (Phi) is 5.24. The SMILES string of the molecule is Cc1cccc(CN2C(=O)S/C(=C\c3ccc(-c4ccc([N+](=O)[O-])cc4)o3)C2=O)c1. The second-order valence-electron chi connectivity index (χ2n) is 6.76. The number of nitro groups is 1. The molecule has 0 aliphatic carbocycles. The monoisotopic (exact) mass is 420 g/mol. The number of imide groups is 1. The Morgan fingerprint density at radius 3 is 2.57 bits per heavy atom. The van der Waals surface area contributed by atoms with Crippen molar-refractivity contribution in [2.24, 2.45) is 0 Å². The van der Waals surface area contributed by atoms with Crippen molar-refractivity contribution in [1.29, 1.82) is 0 Å². The molecular weight excluding hydrogens is 404 g/mol. The van der Waals surface area contributed by atoms with Crippen LogP contribution in [0.25, 0.3) is 17.4 Å². The minimum atomic E-state index is -0.468. The molecule has 2 heterocycles. The third-order valence-corrected chi connectivity index (χ3v) is 5.47. The van der Waals surface area contributed by atoms with Gasteiger partial charge in [0.15, 0.2) is 0 Å². The van der Waals surface area contributed by atoms with Crippen molar-refractivity contribution < 1.29 is 18.9 Å². The molecule has 0 unspecified atom stereocenters. The minimum absolute atomic E-state index is 0.00665. The number of non-ortho nitro benzene ring substituents is 1. The van der Waals surface area contributed by atoms with Gasteiger partial charge in [-0.25, -0.2) is 0 Å². The van der Waals surface area contributed by atoms with Crippen LogP contribution in [0.2, 0.25) is 0 Å². The third-order valence-electron chi connectivity index (χ3n) is 4.56. The lowest BCUT2D eigenvalue weighted by Crippen LogP contribution is -2.27. The number of thioether (sulfide) groups is 1. The van der Waals surface area contributed by atoms with Crippen LogP contribution in [0.4, 0.5) is 10.5 Å². The number of carbonyl (C=O) groups is 2. The van der Waals surface area contributed by atoms with E-state index >= 15 is 0 Å². The van der Waals surface area contributed by atoms with Gasteiger partial charge in [-0.15, -0.1) is 0 Å². The second-order valence-corrected chi connectivity index (χ2v) is 7.76. The number of amides is 2. The summed E-state index contributed by atoms with van der Waals surface area (Å²) in [4.78, 5) is 36.8. The van der Waals surface area contributed by atoms with E-state index in [4.69, 9.17) is 4.42 Å². The predicted octanol–water partition coefficient (Wildman–Crippen LogP) is 5.40. The molecule has 150 valence electrons. The van der Waals surface area contributed by atoms with Crippen molar-refractivity contribution in [3.8, 4) is 11.3 Å². The van der Waals surface area contributed by atoms with E-state index in [1.54, 1.807) is 24.3 Å². The topological polar surface area (TPSA) is 93.7 Å². The fraction of sp³-hybridized carbons (Fsp3) is 0.0909. The molecule has 0 N–H and O–H groups in total. The first kappa shape index (κ1) is 19.7. The summed E-state index contributed by atoms with van der Waals surface area (Å²) in [6.45, 7) is 2.17. The predicted molar refractivity (Wildman–Crippen MR) is 113 cm³/mol. The molecule has 7 nitrogen and oxygen atoms in total. The molecule has 1 aromatic heterocycles. The highest BCUT2D eigenvalue weighted by Gasteiger charge is 2.35. The molecule has 8 heteroatoms. The fourth-order valence-electron chi connectivity index (χ4n) is 3.09. The molecule has 1 aliphatic rings. The molecule has 3 aromatic rings. The molecule has 0 spiro atoms. The van der Waals surface area contributed by atoms with Crippen LogP contribution in [0.1, 0.15) is 16.9 Å². The van der Waals surface area contributed by atoms with Crippen molar-refractivity contribution in [3.63, 3.8) is 0 Å². The number of hydrogen-bond acceptors (Lipinski definition) is 6. The average molecular weight is 420 g/mol. The van der Waals surface area contributed by atoms with E-state index in [-0.39, 0.29) is 28.3 Å². The van der Waals surface area contributed by atoms with Crippen LogP contribution in [-0.2, 0) is 11.3 Å². The summed E-state index contributed by atoms with van der Waals surface area (Å²) in [5, 5.41) is 10.4. The Hall–Kier alpha value is -3.65. The van der Waals surface area contributed by atoms with E-state index in [9.17, 15) is 19.7 Å². The van der Waals surface area contributed by atoms with E-state index in [0.717, 1.165) is 22.9 Å². The molecular formula is C22H16N2O5S. The van der Waals surface area contributed by atoms with Crippen LogP contribution >= 0.6 is 11.8 Å². The zero-order valence-corrected chi connectivity index (χ0v) is 16.7. The van der Waals surface area contributed by atoms with Gasteiger partial charge in [-0.05, 0) is 48.5 Å². The number of carbonyl (C=O) groups excluding carboxylic acids is 2. The minimum Gasteiger partial charge on any atom is -0.457 e. The van der Waals surface area contributed by atoms with Gasteiger partial charge in [0.05, 0.1) is 16.4 Å². The molecule has 4 rings (SSSR count). The van der Waals surface area contributed by atoms with Crippen LogP contribution < -0.4 is 0 Å². The van der Waals surface area contributed by atoms with Crippen LogP contribution in [0, 0.1) is 17.0 Å². The Balaban J connectivity index is 1.52. The first-order chi connectivity index (χ1) is 14.4. The van der Waals surface area contributed by atoms with Gasteiger partial charge in [0.1, 0.15) is 11.5 Å². The van der Waals surface area contributed by atoms with Crippen LogP contribution in [-0.4, -0.2) is 21.0 Å². The van der Waals surface area contributed by atoms with Gasteiger partial charge in [-0.2, -0.15) is 0 Å². The van der Waals surface area contributed by atoms with Gasteiger partial charge >= 0.3 is 0 Å². The molecule has 0 atom stereocenters. The maximum atomic E-state index is 12.7. The Morgan fingerprint density at radius 2 is 1.87 bits per heavy atom. The molecule has 0 bridgehead atoms. The summed E-state index contributed by atoms with van der Waals surface area (Å²) in [6.07, 6.45) is 1.54. The lowest BCUT2D eigenvalue weighted by Gasteiger charge is -2.12. The maximum absolute atomic E-state index is 12.7.